The van der Waals surface area contributed by atoms with Gasteiger partial charge in [0.25, 0.3) is 5.91 Å². The molecule has 0 bridgehead atoms. The van der Waals surface area contributed by atoms with E-state index in [0.29, 0.717) is 11.3 Å². The number of hydrogen-bond donors (Lipinski definition) is 2. The molecule has 0 aliphatic carbocycles. The Hall–Kier alpha value is -2.91. The average Bonchev–Trinajstić information content (AvgIpc) is 2.53. The van der Waals surface area contributed by atoms with Gasteiger partial charge in [0.2, 0.25) is 5.91 Å². The Balaban J connectivity index is 2.00. The van der Waals surface area contributed by atoms with Gasteiger partial charge < -0.3 is 10.6 Å². The molecule has 0 atom stereocenters. The Morgan fingerprint density at radius 2 is 1.91 bits per heavy atom. The molecule has 23 heavy (non-hydrogen) atoms. The SMILES string of the molecule is N#Cc1ccccc1NC(=O)CNC(=O)c1c(F)cccc1Cl. The summed E-state index contributed by atoms with van der Waals surface area (Å²) in [5, 5.41) is 13.7. The lowest BCUT2D eigenvalue weighted by Gasteiger charge is -2.09. The Kier molecular flexibility index (Phi) is 5.28. The Labute approximate surface area is 136 Å². The topological polar surface area (TPSA) is 82.0 Å². The van der Waals surface area contributed by atoms with Gasteiger partial charge in [-0.25, -0.2) is 4.39 Å². The number of benzene rings is 2. The number of anilines is 1. The number of nitrogens with zero attached hydrogens (tertiary/aromatic N) is 1. The van der Waals surface area contributed by atoms with Gasteiger partial charge >= 0.3 is 0 Å². The molecule has 0 aromatic heterocycles. The van der Waals surface area contributed by atoms with Crippen LogP contribution in [0.4, 0.5) is 10.1 Å². The Morgan fingerprint density at radius 3 is 2.61 bits per heavy atom. The number of carbonyl (C=O) groups excluding carboxylic acids is 2. The molecule has 2 amide bonds. The van der Waals surface area contributed by atoms with E-state index in [1.165, 1.54) is 12.1 Å². The van der Waals surface area contributed by atoms with Gasteiger partial charge in [-0.3, -0.25) is 9.59 Å². The number of rotatable bonds is 4. The van der Waals surface area contributed by atoms with Crippen LogP contribution in [0.15, 0.2) is 42.5 Å². The lowest BCUT2D eigenvalue weighted by molar-refractivity contribution is -0.115. The van der Waals surface area contributed by atoms with Gasteiger partial charge in [0, 0.05) is 0 Å². The van der Waals surface area contributed by atoms with Crippen LogP contribution in [0, 0.1) is 17.1 Å². The number of nitriles is 1. The second-order valence-electron chi connectivity index (χ2n) is 4.48. The number of nitrogens with one attached hydrogen (secondary N) is 2. The number of carbonyl (C=O) groups is 2. The van der Waals surface area contributed by atoms with Gasteiger partial charge in [0.1, 0.15) is 11.9 Å². The normalized spacial score (nSPS) is 9.78. The third-order valence-electron chi connectivity index (χ3n) is 2.92. The predicted molar refractivity (Wildman–Crippen MR) is 83.5 cm³/mol. The van der Waals surface area contributed by atoms with Gasteiger partial charge in [0.15, 0.2) is 0 Å². The minimum absolute atomic E-state index is 0.0438. The summed E-state index contributed by atoms with van der Waals surface area (Å²) in [6.45, 7) is -0.386. The van der Waals surface area contributed by atoms with E-state index in [9.17, 15) is 14.0 Å². The van der Waals surface area contributed by atoms with Gasteiger partial charge in [0.05, 0.1) is 28.4 Å². The van der Waals surface area contributed by atoms with Gasteiger partial charge in [-0.1, -0.05) is 29.8 Å². The summed E-state index contributed by atoms with van der Waals surface area (Å²) in [4.78, 5) is 23.7. The molecule has 0 radical (unpaired) electrons. The third kappa shape index (κ3) is 4.05. The van der Waals surface area contributed by atoms with Crippen LogP contribution in [-0.2, 0) is 4.79 Å². The molecule has 0 saturated carbocycles. The second-order valence-corrected chi connectivity index (χ2v) is 4.89. The molecule has 0 fully saturated rings. The lowest BCUT2D eigenvalue weighted by Crippen LogP contribution is -2.33. The van der Waals surface area contributed by atoms with Crippen molar-refractivity contribution in [3.05, 3.63) is 64.4 Å². The lowest BCUT2D eigenvalue weighted by atomic mass is 10.2. The van der Waals surface area contributed by atoms with Gasteiger partial charge in [-0.15, -0.1) is 0 Å². The summed E-state index contributed by atoms with van der Waals surface area (Å²) in [6, 6.07) is 12.2. The Bertz CT molecular complexity index is 782. The van der Waals surface area contributed by atoms with E-state index in [0.717, 1.165) is 6.07 Å². The highest BCUT2D eigenvalue weighted by Crippen LogP contribution is 2.18. The molecule has 2 rings (SSSR count). The molecular formula is C16H11ClFN3O2. The maximum absolute atomic E-state index is 13.6. The summed E-state index contributed by atoms with van der Waals surface area (Å²) >= 11 is 5.77. The molecule has 0 heterocycles. The Morgan fingerprint density at radius 1 is 1.17 bits per heavy atom. The third-order valence-corrected chi connectivity index (χ3v) is 3.24. The first-order chi connectivity index (χ1) is 11.0. The van der Waals surface area contributed by atoms with E-state index in [1.807, 2.05) is 6.07 Å². The minimum atomic E-state index is -0.795. The van der Waals surface area contributed by atoms with Crippen LogP contribution in [-0.4, -0.2) is 18.4 Å². The van der Waals surface area contributed by atoms with Crippen molar-refractivity contribution in [3.8, 4) is 6.07 Å². The zero-order valence-electron chi connectivity index (χ0n) is 11.8. The standard InChI is InChI=1S/C16H11ClFN3O2/c17-11-5-3-6-12(18)15(11)16(23)20-9-14(22)21-13-7-2-1-4-10(13)8-19/h1-7H,9H2,(H,20,23)(H,21,22). The van der Waals surface area contributed by atoms with E-state index >= 15 is 0 Å². The fourth-order valence-corrected chi connectivity index (χ4v) is 2.10. The molecule has 116 valence electrons. The molecule has 2 aromatic carbocycles. The number of para-hydroxylation sites is 1. The zero-order valence-corrected chi connectivity index (χ0v) is 12.5. The summed E-state index contributed by atoms with van der Waals surface area (Å²) < 4.78 is 13.6. The van der Waals surface area contributed by atoms with E-state index in [1.54, 1.807) is 24.3 Å². The van der Waals surface area contributed by atoms with Crippen LogP contribution in [0.3, 0.4) is 0 Å². The number of amides is 2. The van der Waals surface area contributed by atoms with Gasteiger partial charge in [-0.05, 0) is 24.3 Å². The van der Waals surface area contributed by atoms with Crippen LogP contribution < -0.4 is 10.6 Å². The molecule has 0 unspecified atom stereocenters. The summed E-state index contributed by atoms with van der Waals surface area (Å²) in [6.07, 6.45) is 0. The quantitative estimate of drug-likeness (QED) is 0.903. The van der Waals surface area contributed by atoms with Crippen LogP contribution >= 0.6 is 11.6 Å². The highest BCUT2D eigenvalue weighted by molar-refractivity contribution is 6.33. The van der Waals surface area contributed by atoms with Crippen molar-refractivity contribution >= 4 is 29.1 Å². The smallest absolute Gasteiger partial charge is 0.256 e. The predicted octanol–water partition coefficient (Wildman–Crippen LogP) is 2.72. The van der Waals surface area contributed by atoms with Crippen molar-refractivity contribution in [3.63, 3.8) is 0 Å². The first kappa shape index (κ1) is 16.5. The van der Waals surface area contributed by atoms with Crippen LogP contribution in [0.5, 0.6) is 0 Å². The summed E-state index contributed by atoms with van der Waals surface area (Å²) in [7, 11) is 0. The van der Waals surface area contributed by atoms with Crippen molar-refractivity contribution in [1.29, 1.82) is 5.26 Å². The maximum Gasteiger partial charge on any atom is 0.256 e. The van der Waals surface area contributed by atoms with E-state index in [-0.39, 0.29) is 17.1 Å². The first-order valence-corrected chi connectivity index (χ1v) is 6.92. The molecular weight excluding hydrogens is 321 g/mol. The van der Waals surface area contributed by atoms with Crippen molar-refractivity contribution in [2.45, 2.75) is 0 Å². The van der Waals surface area contributed by atoms with Crippen molar-refractivity contribution < 1.29 is 14.0 Å². The first-order valence-electron chi connectivity index (χ1n) is 6.54. The van der Waals surface area contributed by atoms with Crippen molar-refractivity contribution in [2.75, 3.05) is 11.9 Å². The highest BCUT2D eigenvalue weighted by atomic mass is 35.5. The summed E-state index contributed by atoms with van der Waals surface area (Å²) in [5.74, 6) is -2.12. The molecule has 2 N–H and O–H groups in total. The van der Waals surface area contributed by atoms with Crippen LogP contribution in [0.1, 0.15) is 15.9 Å². The minimum Gasteiger partial charge on any atom is -0.343 e. The zero-order chi connectivity index (χ0) is 16.8. The van der Waals surface area contributed by atoms with Crippen molar-refractivity contribution in [1.82, 2.24) is 5.32 Å². The highest BCUT2D eigenvalue weighted by Gasteiger charge is 2.16. The largest absolute Gasteiger partial charge is 0.343 e. The molecule has 0 spiro atoms. The van der Waals surface area contributed by atoms with E-state index in [4.69, 9.17) is 16.9 Å². The molecule has 7 heteroatoms. The molecule has 0 saturated heterocycles. The van der Waals surface area contributed by atoms with E-state index in [2.05, 4.69) is 10.6 Å². The van der Waals surface area contributed by atoms with E-state index < -0.39 is 17.6 Å². The van der Waals surface area contributed by atoms with Crippen molar-refractivity contribution in [2.24, 2.45) is 0 Å². The number of hydrogen-bond acceptors (Lipinski definition) is 3. The molecule has 5 nitrogen and oxygen atoms in total. The molecule has 0 aliphatic heterocycles. The number of halogens is 2. The average molecular weight is 332 g/mol. The molecule has 0 aliphatic rings. The van der Waals surface area contributed by atoms with Gasteiger partial charge in [-0.2, -0.15) is 5.26 Å². The van der Waals surface area contributed by atoms with Crippen LogP contribution in [0.2, 0.25) is 5.02 Å². The van der Waals surface area contributed by atoms with Crippen LogP contribution in [0.25, 0.3) is 0 Å². The summed E-state index contributed by atoms with van der Waals surface area (Å²) in [5.41, 5.74) is 0.307. The second kappa shape index (κ2) is 7.38. The fourth-order valence-electron chi connectivity index (χ4n) is 1.85. The molecule has 2 aromatic rings. The monoisotopic (exact) mass is 331 g/mol. The fraction of sp³-hybridized carbons (Fsp3) is 0.0625. The maximum atomic E-state index is 13.6.